The molecule has 3 heteroatoms. The van der Waals surface area contributed by atoms with E-state index >= 15 is 0 Å². The first kappa shape index (κ1) is 11.5. The smallest absolute Gasteiger partial charge is 0.115 e. The fraction of sp³-hybridized carbons (Fsp3) is 0.417. The molecule has 0 aliphatic heterocycles. The van der Waals surface area contributed by atoms with Crippen molar-refractivity contribution in [1.29, 1.82) is 5.26 Å². The lowest BCUT2D eigenvalue weighted by atomic mass is 10.1. The molecule has 0 aliphatic carbocycles. The van der Waals surface area contributed by atoms with Gasteiger partial charge in [0.25, 0.3) is 0 Å². The minimum absolute atomic E-state index is 0.0345. The summed E-state index contributed by atoms with van der Waals surface area (Å²) in [4.78, 5) is 2.07. The first-order chi connectivity index (χ1) is 7.11. The van der Waals surface area contributed by atoms with Gasteiger partial charge in [0, 0.05) is 13.1 Å². The zero-order valence-electron chi connectivity index (χ0n) is 9.14. The Morgan fingerprint density at radius 3 is 2.87 bits per heavy atom. The molecule has 80 valence electrons. The first-order valence-electron chi connectivity index (χ1n) is 4.98. The van der Waals surface area contributed by atoms with Gasteiger partial charge in [0.1, 0.15) is 5.75 Å². The number of phenols is 1. The second kappa shape index (κ2) is 5.38. The van der Waals surface area contributed by atoms with Crippen molar-refractivity contribution in [3.63, 3.8) is 0 Å². The molecule has 0 fully saturated rings. The minimum atomic E-state index is 0.0345. The van der Waals surface area contributed by atoms with E-state index < -0.39 is 0 Å². The summed E-state index contributed by atoms with van der Waals surface area (Å²) in [6.45, 7) is 3.39. The largest absolute Gasteiger partial charge is 0.508 e. The maximum atomic E-state index is 9.28. The monoisotopic (exact) mass is 204 g/mol. The molecule has 0 aliphatic rings. The van der Waals surface area contributed by atoms with Crippen LogP contribution in [0.5, 0.6) is 5.75 Å². The van der Waals surface area contributed by atoms with Gasteiger partial charge in [-0.15, -0.1) is 0 Å². The molecule has 15 heavy (non-hydrogen) atoms. The second-order valence-electron chi connectivity index (χ2n) is 3.90. The summed E-state index contributed by atoms with van der Waals surface area (Å²) in [5, 5.41) is 18.0. The average molecular weight is 204 g/mol. The van der Waals surface area contributed by atoms with E-state index in [-0.39, 0.29) is 11.7 Å². The molecule has 0 heterocycles. The second-order valence-corrected chi connectivity index (χ2v) is 3.90. The molecule has 1 aromatic rings. The Morgan fingerprint density at radius 1 is 1.53 bits per heavy atom. The van der Waals surface area contributed by atoms with Crippen LogP contribution < -0.4 is 0 Å². The van der Waals surface area contributed by atoms with Gasteiger partial charge in [-0.05, 0) is 31.7 Å². The SMILES string of the molecule is CC(C#N)CN(C)Cc1cccc(O)c1. The third-order valence-corrected chi connectivity index (χ3v) is 2.17. The summed E-state index contributed by atoms with van der Waals surface area (Å²) < 4.78 is 0. The third-order valence-electron chi connectivity index (χ3n) is 2.17. The van der Waals surface area contributed by atoms with Crippen molar-refractivity contribution in [2.45, 2.75) is 13.5 Å². The van der Waals surface area contributed by atoms with Crippen molar-refractivity contribution < 1.29 is 5.11 Å². The van der Waals surface area contributed by atoms with E-state index in [0.717, 1.165) is 18.7 Å². The lowest BCUT2D eigenvalue weighted by Crippen LogP contribution is -2.23. The maximum Gasteiger partial charge on any atom is 0.115 e. The fourth-order valence-electron chi connectivity index (χ4n) is 1.54. The number of phenolic OH excluding ortho intramolecular Hbond substituents is 1. The van der Waals surface area contributed by atoms with Crippen LogP contribution in [0.1, 0.15) is 12.5 Å². The molecule has 1 atom stereocenters. The van der Waals surface area contributed by atoms with Gasteiger partial charge >= 0.3 is 0 Å². The van der Waals surface area contributed by atoms with Crippen molar-refractivity contribution in [2.24, 2.45) is 5.92 Å². The van der Waals surface area contributed by atoms with Gasteiger partial charge in [0.05, 0.1) is 12.0 Å². The van der Waals surface area contributed by atoms with E-state index in [1.165, 1.54) is 0 Å². The van der Waals surface area contributed by atoms with E-state index in [1.54, 1.807) is 12.1 Å². The van der Waals surface area contributed by atoms with Crippen molar-refractivity contribution >= 4 is 0 Å². The number of nitrogens with zero attached hydrogens (tertiary/aromatic N) is 2. The summed E-state index contributed by atoms with van der Waals surface area (Å²) in [7, 11) is 1.97. The first-order valence-corrected chi connectivity index (χ1v) is 4.98. The highest BCUT2D eigenvalue weighted by Gasteiger charge is 2.05. The predicted octanol–water partition coefficient (Wildman–Crippen LogP) is 1.98. The van der Waals surface area contributed by atoms with E-state index in [1.807, 2.05) is 26.1 Å². The zero-order chi connectivity index (χ0) is 11.3. The Balaban J connectivity index is 2.52. The maximum absolute atomic E-state index is 9.28. The summed E-state index contributed by atoms with van der Waals surface area (Å²) in [5.41, 5.74) is 1.06. The van der Waals surface area contributed by atoms with Crippen molar-refractivity contribution in [1.82, 2.24) is 4.90 Å². The molecule has 0 amide bonds. The molecular weight excluding hydrogens is 188 g/mol. The van der Waals surface area contributed by atoms with Crippen LogP contribution in [0.25, 0.3) is 0 Å². The fourth-order valence-corrected chi connectivity index (χ4v) is 1.54. The Morgan fingerprint density at radius 2 is 2.27 bits per heavy atom. The number of nitriles is 1. The predicted molar refractivity (Wildman–Crippen MR) is 59.2 cm³/mol. The molecule has 3 nitrogen and oxygen atoms in total. The van der Waals surface area contributed by atoms with Crippen molar-refractivity contribution in [2.75, 3.05) is 13.6 Å². The molecule has 0 aromatic heterocycles. The Bertz CT molecular complexity index is 357. The van der Waals surface area contributed by atoms with E-state index in [2.05, 4.69) is 11.0 Å². The summed E-state index contributed by atoms with van der Waals surface area (Å²) in [6.07, 6.45) is 0. The number of rotatable bonds is 4. The van der Waals surface area contributed by atoms with Crippen LogP contribution in [0, 0.1) is 17.2 Å². The molecular formula is C12H16N2O. The van der Waals surface area contributed by atoms with E-state index in [9.17, 15) is 5.11 Å². The lowest BCUT2D eigenvalue weighted by molar-refractivity contribution is 0.302. The van der Waals surface area contributed by atoms with Crippen LogP contribution in [-0.4, -0.2) is 23.6 Å². The third kappa shape index (κ3) is 4.01. The van der Waals surface area contributed by atoms with Crippen LogP contribution in [-0.2, 0) is 6.54 Å². The Labute approximate surface area is 90.6 Å². The molecule has 1 aromatic carbocycles. The van der Waals surface area contributed by atoms with E-state index in [4.69, 9.17) is 5.26 Å². The zero-order valence-corrected chi connectivity index (χ0v) is 9.14. The van der Waals surface area contributed by atoms with Gasteiger partial charge in [-0.25, -0.2) is 0 Å². The van der Waals surface area contributed by atoms with Gasteiger partial charge in [-0.2, -0.15) is 5.26 Å². The highest BCUT2D eigenvalue weighted by atomic mass is 16.3. The van der Waals surface area contributed by atoms with Gasteiger partial charge < -0.3 is 10.0 Å². The number of hydrogen-bond acceptors (Lipinski definition) is 3. The number of aromatic hydroxyl groups is 1. The average Bonchev–Trinajstić information content (AvgIpc) is 2.17. The topological polar surface area (TPSA) is 47.3 Å². The molecule has 0 radical (unpaired) electrons. The summed E-state index contributed by atoms with van der Waals surface area (Å²) >= 11 is 0. The van der Waals surface area contributed by atoms with Crippen LogP contribution >= 0.6 is 0 Å². The quantitative estimate of drug-likeness (QED) is 0.815. The number of hydrogen-bond donors (Lipinski definition) is 1. The van der Waals surface area contributed by atoms with Gasteiger partial charge in [0.15, 0.2) is 0 Å². The molecule has 1 unspecified atom stereocenters. The molecule has 0 saturated carbocycles. The molecule has 0 bridgehead atoms. The van der Waals surface area contributed by atoms with Crippen molar-refractivity contribution in [3.05, 3.63) is 29.8 Å². The molecule has 0 spiro atoms. The summed E-state index contributed by atoms with van der Waals surface area (Å²) in [5.74, 6) is 0.321. The van der Waals surface area contributed by atoms with Gasteiger partial charge in [0.2, 0.25) is 0 Å². The molecule has 1 rings (SSSR count). The highest BCUT2D eigenvalue weighted by Crippen LogP contribution is 2.12. The van der Waals surface area contributed by atoms with Crippen LogP contribution in [0.2, 0.25) is 0 Å². The van der Waals surface area contributed by atoms with Crippen LogP contribution in [0.4, 0.5) is 0 Å². The Hall–Kier alpha value is -1.53. The van der Waals surface area contributed by atoms with Crippen LogP contribution in [0.15, 0.2) is 24.3 Å². The Kier molecular flexibility index (Phi) is 4.14. The highest BCUT2D eigenvalue weighted by molar-refractivity contribution is 5.26. The number of benzene rings is 1. The molecule has 0 saturated heterocycles. The normalized spacial score (nSPS) is 12.4. The van der Waals surface area contributed by atoms with Gasteiger partial charge in [-0.1, -0.05) is 12.1 Å². The van der Waals surface area contributed by atoms with Crippen molar-refractivity contribution in [3.8, 4) is 11.8 Å². The van der Waals surface area contributed by atoms with E-state index in [0.29, 0.717) is 0 Å². The molecule has 1 N–H and O–H groups in total. The minimum Gasteiger partial charge on any atom is -0.508 e. The lowest BCUT2D eigenvalue weighted by Gasteiger charge is -2.17. The van der Waals surface area contributed by atoms with Crippen LogP contribution in [0.3, 0.4) is 0 Å². The summed E-state index contributed by atoms with van der Waals surface area (Å²) in [6, 6.07) is 9.39. The van der Waals surface area contributed by atoms with Gasteiger partial charge in [-0.3, -0.25) is 0 Å². The standard InChI is InChI=1S/C12H16N2O/c1-10(7-13)8-14(2)9-11-4-3-5-12(15)6-11/h3-6,10,15H,8-9H2,1-2H3.